The molecular weight excluding hydrogens is 372 g/mol. The normalized spacial score (nSPS) is 14.9. The van der Waals surface area contributed by atoms with Gasteiger partial charge in [-0.15, -0.1) is 0 Å². The number of carboxylic acids is 3. The van der Waals surface area contributed by atoms with Crippen LogP contribution in [0.25, 0.3) is 0 Å². The van der Waals surface area contributed by atoms with Gasteiger partial charge in [0.2, 0.25) is 0 Å². The van der Waals surface area contributed by atoms with Gasteiger partial charge in [0.1, 0.15) is 24.4 Å². The Labute approximate surface area is 151 Å². The van der Waals surface area contributed by atoms with E-state index in [0.717, 1.165) is 18.2 Å². The van der Waals surface area contributed by atoms with Gasteiger partial charge in [0.05, 0.1) is 29.9 Å². The molecule has 1 rings (SSSR count). The Morgan fingerprint density at radius 1 is 0.704 bits per heavy atom. The molecule has 9 N–H and O–H groups in total. The topological polar surface area (TPSA) is 233 Å². The monoisotopic (exact) mass is 392 g/mol. The first kappa shape index (κ1) is 24.4. The van der Waals surface area contributed by atoms with Crippen molar-refractivity contribution in [2.24, 2.45) is 0 Å². The van der Waals surface area contributed by atoms with Gasteiger partial charge in [-0.05, 0) is 18.2 Å². The molecule has 0 aromatic heterocycles. The van der Waals surface area contributed by atoms with E-state index in [1.165, 1.54) is 0 Å². The van der Waals surface area contributed by atoms with Gasteiger partial charge >= 0.3 is 17.9 Å². The van der Waals surface area contributed by atoms with Crippen LogP contribution in [0.5, 0.6) is 0 Å². The average molecular weight is 392 g/mol. The van der Waals surface area contributed by atoms with Gasteiger partial charge in [-0.3, -0.25) is 0 Å². The number of carbonyl (C=O) groups is 3. The van der Waals surface area contributed by atoms with Crippen molar-refractivity contribution in [2.75, 3.05) is 13.2 Å². The fraction of sp³-hybridized carbons (Fsp3) is 0.400. The Morgan fingerprint density at radius 3 is 1.41 bits per heavy atom. The van der Waals surface area contributed by atoms with Crippen LogP contribution in [-0.4, -0.2) is 101 Å². The van der Waals surface area contributed by atoms with Gasteiger partial charge in [0.15, 0.2) is 0 Å². The van der Waals surface area contributed by atoms with E-state index in [1.54, 1.807) is 0 Å². The van der Waals surface area contributed by atoms with E-state index < -0.39 is 66.7 Å². The highest BCUT2D eigenvalue weighted by Gasteiger charge is 2.29. The van der Waals surface area contributed by atoms with E-state index in [4.69, 9.17) is 46.0 Å². The lowest BCUT2D eigenvalue weighted by molar-refractivity contribution is -0.123. The number of rotatable bonds is 8. The van der Waals surface area contributed by atoms with E-state index >= 15 is 0 Å². The van der Waals surface area contributed by atoms with Crippen LogP contribution in [0, 0.1) is 0 Å². The zero-order chi connectivity index (χ0) is 21.3. The molecule has 0 heterocycles. The summed E-state index contributed by atoms with van der Waals surface area (Å²) in [5.74, 6) is -4.20. The maximum Gasteiger partial charge on any atom is 0.336 e. The summed E-state index contributed by atoms with van der Waals surface area (Å²) in [5.41, 5.74) is -1.24. The zero-order valence-corrected chi connectivity index (χ0v) is 13.7. The molecular formula is C15H20O12. The molecule has 0 aliphatic heterocycles. The molecule has 0 spiro atoms. The number of hydrogen-bond donors (Lipinski definition) is 9. The van der Waals surface area contributed by atoms with E-state index in [2.05, 4.69) is 0 Å². The fourth-order valence-corrected chi connectivity index (χ4v) is 1.71. The van der Waals surface area contributed by atoms with Gasteiger partial charge in [-0.25, -0.2) is 14.4 Å². The van der Waals surface area contributed by atoms with Crippen LogP contribution in [0.3, 0.4) is 0 Å². The smallest absolute Gasteiger partial charge is 0.336 e. The highest BCUT2D eigenvalue weighted by molar-refractivity contribution is 6.03. The van der Waals surface area contributed by atoms with Crippen LogP contribution >= 0.6 is 0 Å². The van der Waals surface area contributed by atoms with Crippen LogP contribution in [0.15, 0.2) is 18.2 Å². The van der Waals surface area contributed by atoms with Crippen molar-refractivity contribution in [3.8, 4) is 0 Å². The predicted molar refractivity (Wildman–Crippen MR) is 85.5 cm³/mol. The molecule has 0 bridgehead atoms. The van der Waals surface area contributed by atoms with Crippen molar-refractivity contribution < 1.29 is 60.3 Å². The van der Waals surface area contributed by atoms with E-state index in [9.17, 15) is 14.4 Å². The molecule has 1 aromatic rings. The van der Waals surface area contributed by atoms with E-state index in [0.29, 0.717) is 0 Å². The summed E-state index contributed by atoms with van der Waals surface area (Å²) >= 11 is 0. The third-order valence-electron chi connectivity index (χ3n) is 3.24. The molecule has 12 heteroatoms. The molecule has 0 aliphatic rings. The van der Waals surface area contributed by atoms with Crippen molar-refractivity contribution in [1.82, 2.24) is 0 Å². The standard InChI is InChI=1S/C9H6O6.C6H14O6/c10-7(11)4-1-2-5(8(12)13)6(3-4)9(14)15;7-1-3(9)5(11)6(12)4(10)2-8/h1-3H,(H,10,11)(H,12,13)(H,14,15);3-12H,1-2H2. The maximum atomic E-state index is 10.6. The molecule has 0 saturated carbocycles. The van der Waals surface area contributed by atoms with Crippen molar-refractivity contribution in [1.29, 1.82) is 0 Å². The third-order valence-corrected chi connectivity index (χ3v) is 3.24. The molecule has 0 radical (unpaired) electrons. The Kier molecular flexibility index (Phi) is 10.1. The summed E-state index contributed by atoms with van der Waals surface area (Å²) in [7, 11) is 0. The largest absolute Gasteiger partial charge is 0.478 e. The molecule has 0 amide bonds. The first-order valence-electron chi connectivity index (χ1n) is 7.25. The number of hydrogen-bond acceptors (Lipinski definition) is 9. The van der Waals surface area contributed by atoms with Crippen molar-refractivity contribution in [2.45, 2.75) is 24.4 Å². The van der Waals surface area contributed by atoms with Crippen LogP contribution in [0.4, 0.5) is 0 Å². The van der Waals surface area contributed by atoms with Gasteiger partial charge in [0.25, 0.3) is 0 Å². The van der Waals surface area contributed by atoms with Gasteiger partial charge < -0.3 is 46.0 Å². The second kappa shape index (κ2) is 11.2. The summed E-state index contributed by atoms with van der Waals surface area (Å²) in [6.07, 6.45) is -6.39. The molecule has 0 saturated heterocycles. The molecule has 0 aliphatic carbocycles. The lowest BCUT2D eigenvalue weighted by Gasteiger charge is -2.24. The molecule has 4 unspecified atom stereocenters. The zero-order valence-electron chi connectivity index (χ0n) is 13.7. The number of carboxylic acid groups (broad SMARTS) is 3. The molecule has 1 aromatic carbocycles. The summed E-state index contributed by atoms with van der Waals surface area (Å²) in [6.45, 7) is -1.45. The number of aromatic carboxylic acids is 3. The van der Waals surface area contributed by atoms with Gasteiger partial charge in [-0.1, -0.05) is 0 Å². The summed E-state index contributed by atoms with van der Waals surface area (Å²) in [6, 6.07) is 2.81. The number of benzene rings is 1. The maximum absolute atomic E-state index is 10.6. The summed E-state index contributed by atoms with van der Waals surface area (Å²) < 4.78 is 0. The van der Waals surface area contributed by atoms with Crippen LogP contribution in [-0.2, 0) is 0 Å². The minimum absolute atomic E-state index is 0.266. The minimum Gasteiger partial charge on any atom is -0.478 e. The summed E-state index contributed by atoms with van der Waals surface area (Å²) in [5, 5.41) is 78.1. The van der Waals surface area contributed by atoms with Crippen molar-refractivity contribution in [3.05, 3.63) is 34.9 Å². The highest BCUT2D eigenvalue weighted by Crippen LogP contribution is 2.12. The second-order valence-corrected chi connectivity index (χ2v) is 5.16. The predicted octanol–water partition coefficient (Wildman–Crippen LogP) is -2.80. The number of aliphatic hydroxyl groups is 6. The number of aliphatic hydroxyl groups excluding tert-OH is 6. The first-order valence-corrected chi connectivity index (χ1v) is 7.25. The summed E-state index contributed by atoms with van der Waals surface area (Å²) in [4.78, 5) is 31.8. The lowest BCUT2D eigenvalue weighted by atomic mass is 10.0. The van der Waals surface area contributed by atoms with Crippen LogP contribution in [0.1, 0.15) is 31.1 Å². The van der Waals surface area contributed by atoms with Crippen LogP contribution < -0.4 is 0 Å². The van der Waals surface area contributed by atoms with Crippen molar-refractivity contribution >= 4 is 17.9 Å². The quantitative estimate of drug-likeness (QED) is 0.218. The average Bonchev–Trinajstić information content (AvgIpc) is 2.65. The molecule has 152 valence electrons. The first-order chi connectivity index (χ1) is 12.5. The Bertz CT molecular complexity index is 644. The van der Waals surface area contributed by atoms with Gasteiger partial charge in [-0.2, -0.15) is 0 Å². The van der Waals surface area contributed by atoms with E-state index in [1.807, 2.05) is 0 Å². The molecule has 4 atom stereocenters. The molecule has 0 fully saturated rings. The SMILES string of the molecule is O=C(O)c1ccc(C(=O)O)c(C(=O)O)c1.OCC(O)C(O)C(O)C(O)CO. The van der Waals surface area contributed by atoms with Gasteiger partial charge in [0, 0.05) is 0 Å². The molecule has 27 heavy (non-hydrogen) atoms. The van der Waals surface area contributed by atoms with E-state index in [-0.39, 0.29) is 5.56 Å². The van der Waals surface area contributed by atoms with Crippen molar-refractivity contribution in [3.63, 3.8) is 0 Å². The lowest BCUT2D eigenvalue weighted by Crippen LogP contribution is -2.46. The Morgan fingerprint density at radius 2 is 1.11 bits per heavy atom. The Balaban J connectivity index is 0.000000516. The Hall–Kier alpha value is -2.61. The minimum atomic E-state index is -1.67. The third kappa shape index (κ3) is 7.26. The highest BCUT2D eigenvalue weighted by atomic mass is 16.4. The second-order valence-electron chi connectivity index (χ2n) is 5.16. The van der Waals surface area contributed by atoms with Crippen LogP contribution in [0.2, 0.25) is 0 Å². The molecule has 12 nitrogen and oxygen atoms in total. The fourth-order valence-electron chi connectivity index (χ4n) is 1.71.